The molecule has 0 saturated carbocycles. The maximum atomic E-state index is 6.21. The first-order valence-electron chi connectivity index (χ1n) is 5.74. The van der Waals surface area contributed by atoms with E-state index >= 15 is 0 Å². The fourth-order valence-corrected chi connectivity index (χ4v) is 2.37. The summed E-state index contributed by atoms with van der Waals surface area (Å²) in [5.41, 5.74) is 8.38. The van der Waals surface area contributed by atoms with Gasteiger partial charge in [0, 0.05) is 16.1 Å². The van der Waals surface area contributed by atoms with Crippen molar-refractivity contribution in [2.24, 2.45) is 5.73 Å². The van der Waals surface area contributed by atoms with Crippen LogP contribution in [0.4, 0.5) is 0 Å². The SMILES string of the molecule is COc1ccc(Br)c(CC(N)c2ccoc2C)c1. The molecule has 1 unspecified atom stereocenters. The van der Waals surface area contributed by atoms with Crippen molar-refractivity contribution in [2.45, 2.75) is 19.4 Å². The summed E-state index contributed by atoms with van der Waals surface area (Å²) in [6.07, 6.45) is 2.41. The number of hydrogen-bond acceptors (Lipinski definition) is 3. The van der Waals surface area contributed by atoms with Crippen LogP contribution in [0.5, 0.6) is 5.75 Å². The Morgan fingerprint density at radius 3 is 2.78 bits per heavy atom. The molecule has 18 heavy (non-hydrogen) atoms. The quantitative estimate of drug-likeness (QED) is 0.938. The molecule has 0 aliphatic heterocycles. The minimum Gasteiger partial charge on any atom is -0.497 e. The summed E-state index contributed by atoms with van der Waals surface area (Å²) >= 11 is 3.54. The number of hydrogen-bond donors (Lipinski definition) is 1. The van der Waals surface area contributed by atoms with Gasteiger partial charge in [0.2, 0.25) is 0 Å². The van der Waals surface area contributed by atoms with E-state index in [1.165, 1.54) is 0 Å². The Hall–Kier alpha value is -1.26. The average Bonchev–Trinajstić information content (AvgIpc) is 2.78. The lowest BCUT2D eigenvalue weighted by Gasteiger charge is -2.13. The second kappa shape index (κ2) is 5.59. The number of halogens is 1. The zero-order chi connectivity index (χ0) is 13.1. The largest absolute Gasteiger partial charge is 0.497 e. The van der Waals surface area contributed by atoms with Crippen LogP contribution in [0, 0.1) is 6.92 Å². The fourth-order valence-electron chi connectivity index (χ4n) is 1.96. The van der Waals surface area contributed by atoms with Crippen molar-refractivity contribution in [1.82, 2.24) is 0 Å². The van der Waals surface area contributed by atoms with Crippen LogP contribution in [0.1, 0.15) is 22.9 Å². The van der Waals surface area contributed by atoms with E-state index in [1.54, 1.807) is 13.4 Å². The first-order valence-corrected chi connectivity index (χ1v) is 6.53. The molecule has 1 aromatic carbocycles. The second-order valence-corrected chi connectivity index (χ2v) is 5.05. The van der Waals surface area contributed by atoms with Gasteiger partial charge in [-0.15, -0.1) is 0 Å². The van der Waals surface area contributed by atoms with E-state index in [9.17, 15) is 0 Å². The molecule has 0 spiro atoms. The minimum atomic E-state index is -0.0767. The van der Waals surface area contributed by atoms with E-state index < -0.39 is 0 Å². The van der Waals surface area contributed by atoms with Gasteiger partial charge in [-0.05, 0) is 43.2 Å². The maximum Gasteiger partial charge on any atom is 0.119 e. The standard InChI is InChI=1S/C14H16BrNO2/c1-9-12(5-6-18-9)14(16)8-10-7-11(17-2)3-4-13(10)15/h3-7,14H,8,16H2,1-2H3. The van der Waals surface area contributed by atoms with Crippen LogP contribution in [0.15, 0.2) is 39.4 Å². The van der Waals surface area contributed by atoms with Crippen LogP contribution in [0.25, 0.3) is 0 Å². The van der Waals surface area contributed by atoms with Gasteiger partial charge < -0.3 is 14.9 Å². The zero-order valence-electron chi connectivity index (χ0n) is 10.4. The van der Waals surface area contributed by atoms with Gasteiger partial charge in [-0.1, -0.05) is 15.9 Å². The highest BCUT2D eigenvalue weighted by atomic mass is 79.9. The molecule has 1 aromatic heterocycles. The van der Waals surface area contributed by atoms with Crippen molar-refractivity contribution in [3.63, 3.8) is 0 Å². The molecule has 0 amide bonds. The summed E-state index contributed by atoms with van der Waals surface area (Å²) in [5.74, 6) is 1.71. The molecule has 2 N–H and O–H groups in total. The van der Waals surface area contributed by atoms with Crippen LogP contribution in [0.2, 0.25) is 0 Å². The Labute approximate surface area is 115 Å². The van der Waals surface area contributed by atoms with Gasteiger partial charge in [-0.25, -0.2) is 0 Å². The van der Waals surface area contributed by atoms with Crippen molar-refractivity contribution < 1.29 is 9.15 Å². The van der Waals surface area contributed by atoms with Crippen LogP contribution in [0.3, 0.4) is 0 Å². The third kappa shape index (κ3) is 2.76. The maximum absolute atomic E-state index is 6.21. The monoisotopic (exact) mass is 309 g/mol. The van der Waals surface area contributed by atoms with Gasteiger partial charge in [-0.3, -0.25) is 0 Å². The molecule has 0 radical (unpaired) electrons. The highest BCUT2D eigenvalue weighted by Gasteiger charge is 2.14. The van der Waals surface area contributed by atoms with E-state index in [0.717, 1.165) is 33.5 Å². The molecule has 0 aliphatic carbocycles. The van der Waals surface area contributed by atoms with Gasteiger partial charge in [0.25, 0.3) is 0 Å². The number of ether oxygens (including phenoxy) is 1. The Morgan fingerprint density at radius 1 is 1.39 bits per heavy atom. The van der Waals surface area contributed by atoms with Gasteiger partial charge in [0.15, 0.2) is 0 Å². The van der Waals surface area contributed by atoms with Crippen LogP contribution in [-0.2, 0) is 6.42 Å². The lowest BCUT2D eigenvalue weighted by molar-refractivity contribution is 0.414. The molecule has 96 valence electrons. The van der Waals surface area contributed by atoms with E-state index in [2.05, 4.69) is 15.9 Å². The average molecular weight is 310 g/mol. The van der Waals surface area contributed by atoms with E-state index in [4.69, 9.17) is 14.9 Å². The molecule has 2 aromatic rings. The van der Waals surface area contributed by atoms with Crippen molar-refractivity contribution >= 4 is 15.9 Å². The topological polar surface area (TPSA) is 48.4 Å². The summed E-state index contributed by atoms with van der Waals surface area (Å²) in [4.78, 5) is 0. The molecular formula is C14H16BrNO2. The predicted octanol–water partition coefficient (Wildman–Crippen LogP) is 3.60. The van der Waals surface area contributed by atoms with Crippen molar-refractivity contribution in [2.75, 3.05) is 7.11 Å². The van der Waals surface area contributed by atoms with E-state index in [-0.39, 0.29) is 6.04 Å². The summed E-state index contributed by atoms with van der Waals surface area (Å²) in [6.45, 7) is 1.93. The number of rotatable bonds is 4. The lowest BCUT2D eigenvalue weighted by atomic mass is 10.00. The predicted molar refractivity (Wildman–Crippen MR) is 74.8 cm³/mol. The Bertz CT molecular complexity index is 536. The normalized spacial score (nSPS) is 12.4. The van der Waals surface area contributed by atoms with Crippen molar-refractivity contribution in [3.05, 3.63) is 51.9 Å². The zero-order valence-corrected chi connectivity index (χ0v) is 12.0. The molecule has 1 atom stereocenters. The number of furan rings is 1. The van der Waals surface area contributed by atoms with Crippen LogP contribution >= 0.6 is 15.9 Å². The molecule has 0 bridgehead atoms. The molecule has 4 heteroatoms. The second-order valence-electron chi connectivity index (χ2n) is 4.20. The summed E-state index contributed by atoms with van der Waals surface area (Å²) in [7, 11) is 1.66. The molecule has 0 saturated heterocycles. The highest BCUT2D eigenvalue weighted by molar-refractivity contribution is 9.10. The Balaban J connectivity index is 2.21. The minimum absolute atomic E-state index is 0.0767. The summed E-state index contributed by atoms with van der Waals surface area (Å²) in [6, 6.07) is 7.74. The molecule has 2 rings (SSSR count). The summed E-state index contributed by atoms with van der Waals surface area (Å²) in [5, 5.41) is 0. The number of methoxy groups -OCH3 is 1. The summed E-state index contributed by atoms with van der Waals surface area (Å²) < 4.78 is 11.5. The number of nitrogens with two attached hydrogens (primary N) is 1. The van der Waals surface area contributed by atoms with E-state index in [1.807, 2.05) is 31.2 Å². The molecule has 3 nitrogen and oxygen atoms in total. The highest BCUT2D eigenvalue weighted by Crippen LogP contribution is 2.27. The molecule has 0 fully saturated rings. The smallest absolute Gasteiger partial charge is 0.119 e. The van der Waals surface area contributed by atoms with Crippen LogP contribution in [-0.4, -0.2) is 7.11 Å². The number of aryl methyl sites for hydroxylation is 1. The Morgan fingerprint density at radius 2 is 2.17 bits per heavy atom. The fraction of sp³-hybridized carbons (Fsp3) is 0.286. The van der Waals surface area contributed by atoms with E-state index in [0.29, 0.717) is 0 Å². The van der Waals surface area contributed by atoms with Crippen molar-refractivity contribution in [3.8, 4) is 5.75 Å². The molecular weight excluding hydrogens is 294 g/mol. The van der Waals surface area contributed by atoms with Gasteiger partial charge in [-0.2, -0.15) is 0 Å². The molecule has 0 aliphatic rings. The van der Waals surface area contributed by atoms with Crippen LogP contribution < -0.4 is 10.5 Å². The first kappa shape index (κ1) is 13.2. The lowest BCUT2D eigenvalue weighted by Crippen LogP contribution is -2.14. The number of benzene rings is 1. The van der Waals surface area contributed by atoms with Gasteiger partial charge >= 0.3 is 0 Å². The Kier molecular flexibility index (Phi) is 4.09. The third-order valence-electron chi connectivity index (χ3n) is 2.99. The third-order valence-corrected chi connectivity index (χ3v) is 3.76. The first-order chi connectivity index (χ1) is 8.61. The van der Waals surface area contributed by atoms with Gasteiger partial charge in [0.05, 0.1) is 13.4 Å². The van der Waals surface area contributed by atoms with Crippen molar-refractivity contribution in [1.29, 1.82) is 0 Å². The van der Waals surface area contributed by atoms with Gasteiger partial charge in [0.1, 0.15) is 11.5 Å². The molecule has 1 heterocycles.